The second-order valence-electron chi connectivity index (χ2n) is 5.63. The van der Waals surface area contributed by atoms with Gasteiger partial charge in [-0.3, -0.25) is 4.98 Å². The van der Waals surface area contributed by atoms with E-state index in [0.717, 1.165) is 11.4 Å². The lowest BCUT2D eigenvalue weighted by atomic mass is 10.2. The summed E-state index contributed by atoms with van der Waals surface area (Å²) in [5.41, 5.74) is 2.77. The Morgan fingerprint density at radius 1 is 0.885 bits per heavy atom. The molecule has 0 bridgehead atoms. The summed E-state index contributed by atoms with van der Waals surface area (Å²) in [6, 6.07) is 16.8. The van der Waals surface area contributed by atoms with E-state index in [0.29, 0.717) is 22.5 Å². The number of pyridine rings is 2. The van der Waals surface area contributed by atoms with Crippen LogP contribution in [0.4, 0.5) is 15.8 Å². The predicted octanol–water partition coefficient (Wildman–Crippen LogP) is 5.01. The summed E-state index contributed by atoms with van der Waals surface area (Å²) < 4.78 is 18.8. The monoisotopic (exact) mass is 347 g/mol. The van der Waals surface area contributed by atoms with Crippen LogP contribution in [0.5, 0.6) is 17.2 Å². The highest BCUT2D eigenvalue weighted by molar-refractivity contribution is 5.81. The van der Waals surface area contributed by atoms with Gasteiger partial charge in [-0.25, -0.2) is 9.37 Å². The van der Waals surface area contributed by atoms with Gasteiger partial charge in [0, 0.05) is 29.7 Å². The van der Waals surface area contributed by atoms with Crippen LogP contribution in [-0.2, 0) is 0 Å². The minimum absolute atomic E-state index is 0.0540. The average molecular weight is 347 g/mol. The fourth-order valence-corrected chi connectivity index (χ4v) is 2.51. The smallest absolute Gasteiger partial charge is 0.156 e. The van der Waals surface area contributed by atoms with E-state index in [9.17, 15) is 9.50 Å². The van der Waals surface area contributed by atoms with E-state index < -0.39 is 0 Å². The molecule has 26 heavy (non-hydrogen) atoms. The quantitative estimate of drug-likeness (QED) is 0.543. The van der Waals surface area contributed by atoms with Gasteiger partial charge in [0.1, 0.15) is 22.8 Å². The number of fused-ring (bicyclic) bond motifs is 1. The van der Waals surface area contributed by atoms with Crippen molar-refractivity contribution in [3.05, 3.63) is 78.9 Å². The van der Waals surface area contributed by atoms with Gasteiger partial charge in [-0.2, -0.15) is 0 Å². The second-order valence-corrected chi connectivity index (χ2v) is 5.63. The van der Waals surface area contributed by atoms with E-state index in [1.807, 2.05) is 24.3 Å². The number of aromatic hydroxyl groups is 1. The number of ether oxygens (including phenoxy) is 1. The molecule has 4 rings (SSSR count). The van der Waals surface area contributed by atoms with Gasteiger partial charge in [0.05, 0.1) is 11.7 Å². The molecule has 0 saturated heterocycles. The second kappa shape index (κ2) is 6.68. The van der Waals surface area contributed by atoms with Gasteiger partial charge in [-0.05, 0) is 48.5 Å². The zero-order valence-electron chi connectivity index (χ0n) is 13.6. The Hall–Kier alpha value is -3.67. The highest BCUT2D eigenvalue weighted by Gasteiger charge is 2.07. The van der Waals surface area contributed by atoms with Gasteiger partial charge in [-0.1, -0.05) is 0 Å². The molecule has 0 aliphatic rings. The summed E-state index contributed by atoms with van der Waals surface area (Å²) in [4.78, 5) is 8.35. The van der Waals surface area contributed by atoms with E-state index in [1.54, 1.807) is 24.4 Å². The molecule has 2 N–H and O–H groups in total. The molecule has 0 atom stereocenters. The Balaban J connectivity index is 1.53. The van der Waals surface area contributed by atoms with Crippen LogP contribution in [-0.4, -0.2) is 15.1 Å². The maximum absolute atomic E-state index is 13.0. The third-order valence-corrected chi connectivity index (χ3v) is 3.74. The summed E-state index contributed by atoms with van der Waals surface area (Å²) in [6.07, 6.45) is 2.95. The van der Waals surface area contributed by atoms with Crippen LogP contribution in [0.3, 0.4) is 0 Å². The standard InChI is InChI=1S/C20H14FN3O2/c21-13-1-3-14(4-2-13)24-15-5-7-17(8-6-15)26-19-9-10-22-18-11-16(25)12-23-20(18)19/h1-12,24-25H. The lowest BCUT2D eigenvalue weighted by Crippen LogP contribution is -1.92. The summed E-state index contributed by atoms with van der Waals surface area (Å²) in [5, 5.41) is 12.7. The molecule has 4 aromatic rings. The van der Waals surface area contributed by atoms with Gasteiger partial charge in [0.2, 0.25) is 0 Å². The van der Waals surface area contributed by atoms with Crippen molar-refractivity contribution in [1.29, 1.82) is 0 Å². The van der Waals surface area contributed by atoms with Crippen molar-refractivity contribution in [2.75, 3.05) is 5.32 Å². The highest BCUT2D eigenvalue weighted by atomic mass is 19.1. The molecule has 0 aliphatic heterocycles. The molecule has 2 heterocycles. The summed E-state index contributed by atoms with van der Waals surface area (Å²) in [6.45, 7) is 0. The fourth-order valence-electron chi connectivity index (χ4n) is 2.51. The normalized spacial score (nSPS) is 10.7. The molecule has 5 nitrogen and oxygen atoms in total. The molecular formula is C20H14FN3O2. The molecule has 0 spiro atoms. The predicted molar refractivity (Wildman–Crippen MR) is 97.4 cm³/mol. The Kier molecular flexibility index (Phi) is 4.07. The molecule has 0 unspecified atom stereocenters. The number of benzene rings is 2. The molecule has 2 aromatic heterocycles. The van der Waals surface area contributed by atoms with Crippen molar-refractivity contribution in [2.24, 2.45) is 0 Å². The summed E-state index contributed by atoms with van der Waals surface area (Å²) in [7, 11) is 0. The number of rotatable bonds is 4. The maximum Gasteiger partial charge on any atom is 0.156 e. The largest absolute Gasteiger partial charge is 0.506 e. The van der Waals surface area contributed by atoms with E-state index >= 15 is 0 Å². The van der Waals surface area contributed by atoms with Crippen molar-refractivity contribution < 1.29 is 14.2 Å². The third kappa shape index (κ3) is 3.39. The number of aromatic nitrogens is 2. The SMILES string of the molecule is Oc1cnc2c(Oc3ccc(Nc4ccc(F)cc4)cc3)ccnc2c1. The lowest BCUT2D eigenvalue weighted by molar-refractivity contribution is 0.472. The minimum Gasteiger partial charge on any atom is -0.506 e. The summed E-state index contributed by atoms with van der Waals surface area (Å²) >= 11 is 0. The maximum atomic E-state index is 13.0. The van der Waals surface area contributed by atoms with Crippen molar-refractivity contribution in [1.82, 2.24) is 9.97 Å². The Morgan fingerprint density at radius 2 is 1.58 bits per heavy atom. The number of nitrogens with one attached hydrogen (secondary N) is 1. The van der Waals surface area contributed by atoms with Crippen molar-refractivity contribution in [2.45, 2.75) is 0 Å². The van der Waals surface area contributed by atoms with E-state index in [-0.39, 0.29) is 11.6 Å². The van der Waals surface area contributed by atoms with Crippen molar-refractivity contribution in [3.8, 4) is 17.2 Å². The molecule has 0 saturated carbocycles. The van der Waals surface area contributed by atoms with Gasteiger partial charge in [-0.15, -0.1) is 0 Å². The van der Waals surface area contributed by atoms with Crippen LogP contribution in [0.1, 0.15) is 0 Å². The van der Waals surface area contributed by atoms with E-state index in [2.05, 4.69) is 15.3 Å². The Labute approximate surface area is 148 Å². The molecule has 2 aromatic carbocycles. The average Bonchev–Trinajstić information content (AvgIpc) is 2.65. The van der Waals surface area contributed by atoms with Crippen molar-refractivity contribution >= 4 is 22.4 Å². The molecule has 0 amide bonds. The first kappa shape index (κ1) is 15.8. The topological polar surface area (TPSA) is 67.3 Å². The van der Waals surface area contributed by atoms with Gasteiger partial charge >= 0.3 is 0 Å². The zero-order valence-corrected chi connectivity index (χ0v) is 13.6. The number of nitrogens with zero attached hydrogens (tertiary/aromatic N) is 2. The Bertz CT molecular complexity index is 1050. The first-order chi connectivity index (χ1) is 12.7. The van der Waals surface area contributed by atoms with E-state index in [1.165, 1.54) is 24.4 Å². The zero-order chi connectivity index (χ0) is 17.9. The lowest BCUT2D eigenvalue weighted by Gasteiger charge is -2.10. The Morgan fingerprint density at radius 3 is 2.31 bits per heavy atom. The molecule has 0 fully saturated rings. The number of halogens is 1. The summed E-state index contributed by atoms with van der Waals surface area (Å²) in [5.74, 6) is 0.968. The van der Waals surface area contributed by atoms with E-state index in [4.69, 9.17) is 4.74 Å². The van der Waals surface area contributed by atoms with Gasteiger partial charge in [0.25, 0.3) is 0 Å². The highest BCUT2D eigenvalue weighted by Crippen LogP contribution is 2.29. The molecule has 0 aliphatic carbocycles. The fraction of sp³-hybridized carbons (Fsp3) is 0. The van der Waals surface area contributed by atoms with Crippen LogP contribution in [0, 0.1) is 5.82 Å². The van der Waals surface area contributed by atoms with Crippen LogP contribution < -0.4 is 10.1 Å². The first-order valence-corrected chi connectivity index (χ1v) is 7.92. The van der Waals surface area contributed by atoms with Gasteiger partial charge < -0.3 is 15.2 Å². The minimum atomic E-state index is -0.272. The molecule has 128 valence electrons. The van der Waals surface area contributed by atoms with Crippen molar-refractivity contribution in [3.63, 3.8) is 0 Å². The number of hydrogen-bond acceptors (Lipinski definition) is 5. The molecule has 0 radical (unpaired) electrons. The van der Waals surface area contributed by atoms with Crippen LogP contribution in [0.2, 0.25) is 0 Å². The van der Waals surface area contributed by atoms with Crippen LogP contribution >= 0.6 is 0 Å². The third-order valence-electron chi connectivity index (χ3n) is 3.74. The first-order valence-electron chi connectivity index (χ1n) is 7.92. The van der Waals surface area contributed by atoms with Gasteiger partial charge in [0.15, 0.2) is 5.75 Å². The molecule has 6 heteroatoms. The van der Waals surface area contributed by atoms with Crippen LogP contribution in [0.25, 0.3) is 11.0 Å². The molecular weight excluding hydrogens is 333 g/mol. The number of hydrogen-bond donors (Lipinski definition) is 2. The van der Waals surface area contributed by atoms with Crippen LogP contribution in [0.15, 0.2) is 73.1 Å². The number of anilines is 2.